The quantitative estimate of drug-likeness (QED) is 0.917. The van der Waals surface area contributed by atoms with Gasteiger partial charge in [-0.1, -0.05) is 12.8 Å². The fraction of sp³-hybridized carbons (Fsp3) is 0.750. The predicted molar refractivity (Wildman–Crippen MR) is 79.6 cm³/mol. The number of aromatic nitrogens is 2. The van der Waals surface area contributed by atoms with Crippen molar-refractivity contribution < 1.29 is 14.6 Å². The maximum Gasteiger partial charge on any atom is 0.356 e. The van der Waals surface area contributed by atoms with Crippen molar-refractivity contribution in [3.05, 3.63) is 17.5 Å². The van der Waals surface area contributed by atoms with Gasteiger partial charge in [0, 0.05) is 37.5 Å². The maximum atomic E-state index is 11.1. The largest absolute Gasteiger partial charge is 0.476 e. The molecular weight excluding hydrogens is 282 g/mol. The minimum atomic E-state index is -0.959. The van der Waals surface area contributed by atoms with Gasteiger partial charge in [0.15, 0.2) is 5.69 Å². The van der Waals surface area contributed by atoms with Crippen molar-refractivity contribution >= 4 is 5.97 Å². The summed E-state index contributed by atoms with van der Waals surface area (Å²) in [6, 6.07) is 1.70. The summed E-state index contributed by atoms with van der Waals surface area (Å²) in [7, 11) is 1.82. The first-order chi connectivity index (χ1) is 10.5. The number of hydrogen-bond donors (Lipinski definition) is 1. The Kier molecular flexibility index (Phi) is 3.10. The molecule has 1 aliphatic carbocycles. The van der Waals surface area contributed by atoms with Crippen molar-refractivity contribution in [1.29, 1.82) is 0 Å². The van der Waals surface area contributed by atoms with E-state index in [0.29, 0.717) is 10.8 Å². The van der Waals surface area contributed by atoms with Crippen molar-refractivity contribution in [3.8, 4) is 0 Å². The predicted octanol–water partition coefficient (Wildman–Crippen LogP) is 1.51. The second kappa shape index (κ2) is 4.80. The summed E-state index contributed by atoms with van der Waals surface area (Å²) in [5, 5.41) is 13.2. The Morgan fingerprint density at radius 1 is 1.32 bits per heavy atom. The Balaban J connectivity index is 1.55. The lowest BCUT2D eigenvalue weighted by atomic mass is 9.60. The normalized spacial score (nSPS) is 34.6. The Morgan fingerprint density at radius 3 is 2.50 bits per heavy atom. The number of rotatable bonds is 3. The third-order valence-electron chi connectivity index (χ3n) is 6.08. The van der Waals surface area contributed by atoms with Gasteiger partial charge in [-0.3, -0.25) is 9.58 Å². The molecule has 6 heteroatoms. The number of carboxylic acids is 1. The maximum absolute atomic E-state index is 11.1. The van der Waals surface area contributed by atoms with Crippen molar-refractivity contribution in [1.82, 2.24) is 14.7 Å². The zero-order valence-electron chi connectivity index (χ0n) is 13.0. The minimum Gasteiger partial charge on any atom is -0.476 e. The molecule has 22 heavy (non-hydrogen) atoms. The summed E-state index contributed by atoms with van der Waals surface area (Å²) in [5.41, 5.74) is 1.77. The van der Waals surface area contributed by atoms with Crippen LogP contribution in [0.25, 0.3) is 0 Å². The first kappa shape index (κ1) is 14.2. The number of aryl methyl sites for hydroxylation is 1. The highest BCUT2D eigenvalue weighted by Crippen LogP contribution is 2.59. The van der Waals surface area contributed by atoms with Crippen LogP contribution in [0.4, 0.5) is 0 Å². The van der Waals surface area contributed by atoms with E-state index in [0.717, 1.165) is 38.5 Å². The van der Waals surface area contributed by atoms with Gasteiger partial charge in [0.05, 0.1) is 18.9 Å². The van der Waals surface area contributed by atoms with Crippen LogP contribution >= 0.6 is 0 Å². The SMILES string of the molecule is Cn1nc(C(=O)O)cc1CN1CC23CCCCC2(COC3)C1. The number of nitrogens with zero attached hydrogens (tertiary/aromatic N) is 3. The van der Waals surface area contributed by atoms with E-state index >= 15 is 0 Å². The fourth-order valence-corrected chi connectivity index (χ4v) is 4.95. The highest BCUT2D eigenvalue weighted by atomic mass is 16.5. The van der Waals surface area contributed by atoms with E-state index in [9.17, 15) is 4.79 Å². The molecule has 0 spiro atoms. The molecule has 3 aliphatic rings. The molecule has 3 heterocycles. The zero-order valence-corrected chi connectivity index (χ0v) is 13.0. The van der Waals surface area contributed by atoms with E-state index in [1.165, 1.54) is 25.7 Å². The van der Waals surface area contributed by atoms with Gasteiger partial charge >= 0.3 is 5.97 Å². The molecule has 3 fully saturated rings. The second-order valence-electron chi connectivity index (χ2n) is 7.36. The van der Waals surface area contributed by atoms with Crippen LogP contribution in [0, 0.1) is 10.8 Å². The van der Waals surface area contributed by atoms with Crippen molar-refractivity contribution in [2.75, 3.05) is 26.3 Å². The molecule has 0 aromatic carbocycles. The molecule has 2 unspecified atom stereocenters. The highest BCUT2D eigenvalue weighted by molar-refractivity contribution is 5.85. The summed E-state index contributed by atoms with van der Waals surface area (Å²) < 4.78 is 7.58. The van der Waals surface area contributed by atoms with Crippen LogP contribution in [-0.4, -0.2) is 52.1 Å². The van der Waals surface area contributed by atoms with E-state index in [1.807, 2.05) is 7.05 Å². The number of likely N-dealkylation sites (tertiary alicyclic amines) is 1. The number of aromatic carboxylic acids is 1. The molecule has 2 atom stereocenters. The van der Waals surface area contributed by atoms with Gasteiger partial charge in [-0.15, -0.1) is 0 Å². The summed E-state index contributed by atoms with van der Waals surface area (Å²) in [4.78, 5) is 13.5. The van der Waals surface area contributed by atoms with Crippen molar-refractivity contribution in [2.45, 2.75) is 32.2 Å². The average Bonchev–Trinajstić information content (AvgIpc) is 3.09. The van der Waals surface area contributed by atoms with Crippen LogP contribution in [0.1, 0.15) is 41.9 Å². The lowest BCUT2D eigenvalue weighted by Gasteiger charge is -2.41. The van der Waals surface area contributed by atoms with Crippen molar-refractivity contribution in [2.24, 2.45) is 17.9 Å². The lowest BCUT2D eigenvalue weighted by Crippen LogP contribution is -2.42. The monoisotopic (exact) mass is 305 g/mol. The summed E-state index contributed by atoms with van der Waals surface area (Å²) >= 11 is 0. The van der Waals surface area contributed by atoms with Crippen LogP contribution < -0.4 is 0 Å². The van der Waals surface area contributed by atoms with Gasteiger partial charge < -0.3 is 9.84 Å². The average molecular weight is 305 g/mol. The van der Waals surface area contributed by atoms with Gasteiger partial charge in [-0.25, -0.2) is 4.79 Å². The van der Waals surface area contributed by atoms with Crippen LogP contribution in [-0.2, 0) is 18.3 Å². The van der Waals surface area contributed by atoms with Gasteiger partial charge in [-0.05, 0) is 18.9 Å². The van der Waals surface area contributed by atoms with Crippen LogP contribution in [0.2, 0.25) is 0 Å². The molecule has 6 nitrogen and oxygen atoms in total. The minimum absolute atomic E-state index is 0.133. The zero-order chi connectivity index (χ0) is 15.4. The Labute approximate surface area is 130 Å². The van der Waals surface area contributed by atoms with E-state index in [1.54, 1.807) is 10.7 Å². The van der Waals surface area contributed by atoms with E-state index < -0.39 is 5.97 Å². The lowest BCUT2D eigenvalue weighted by molar-refractivity contribution is 0.0689. The summed E-state index contributed by atoms with van der Waals surface area (Å²) in [6.07, 6.45) is 5.17. The molecule has 1 N–H and O–H groups in total. The van der Waals surface area contributed by atoms with E-state index in [4.69, 9.17) is 9.84 Å². The Hall–Kier alpha value is -1.40. The third kappa shape index (κ3) is 1.93. The van der Waals surface area contributed by atoms with E-state index in [-0.39, 0.29) is 5.69 Å². The topological polar surface area (TPSA) is 67.6 Å². The first-order valence-corrected chi connectivity index (χ1v) is 8.10. The number of ether oxygens (including phenoxy) is 1. The molecule has 4 rings (SSSR count). The van der Waals surface area contributed by atoms with Crippen molar-refractivity contribution in [3.63, 3.8) is 0 Å². The second-order valence-corrected chi connectivity index (χ2v) is 7.36. The fourth-order valence-electron chi connectivity index (χ4n) is 4.95. The molecule has 2 saturated heterocycles. The highest BCUT2D eigenvalue weighted by Gasteiger charge is 2.61. The van der Waals surface area contributed by atoms with Gasteiger partial charge in [-0.2, -0.15) is 5.10 Å². The molecule has 0 radical (unpaired) electrons. The van der Waals surface area contributed by atoms with Gasteiger partial charge in [0.2, 0.25) is 0 Å². The molecule has 2 aliphatic heterocycles. The summed E-state index contributed by atoms with van der Waals surface area (Å²) in [6.45, 7) is 4.71. The molecular formula is C16H23N3O3. The van der Waals surface area contributed by atoms with Crippen LogP contribution in [0.15, 0.2) is 6.07 Å². The molecule has 0 amide bonds. The molecule has 0 bridgehead atoms. The van der Waals surface area contributed by atoms with Crippen LogP contribution in [0.3, 0.4) is 0 Å². The summed E-state index contributed by atoms with van der Waals surface area (Å²) in [5.74, 6) is -0.959. The third-order valence-corrected chi connectivity index (χ3v) is 6.08. The smallest absolute Gasteiger partial charge is 0.356 e. The van der Waals surface area contributed by atoms with Gasteiger partial charge in [0.25, 0.3) is 0 Å². The van der Waals surface area contributed by atoms with Crippen LogP contribution in [0.5, 0.6) is 0 Å². The Bertz CT molecular complexity index is 592. The number of carboxylic acid groups (broad SMARTS) is 1. The molecule has 1 aromatic heterocycles. The van der Waals surface area contributed by atoms with E-state index in [2.05, 4.69) is 10.00 Å². The molecule has 1 aromatic rings. The number of carbonyl (C=O) groups is 1. The molecule has 1 saturated carbocycles. The number of hydrogen-bond acceptors (Lipinski definition) is 4. The Morgan fingerprint density at radius 2 is 1.95 bits per heavy atom. The standard InChI is InChI=1S/C16H23N3O3/c1-18-12(6-13(17-18)14(20)21)7-19-8-15-4-2-3-5-16(15,9-19)11-22-10-15/h6H,2-5,7-11H2,1H3,(H,20,21). The molecule has 120 valence electrons. The van der Waals surface area contributed by atoms with Gasteiger partial charge in [0.1, 0.15) is 0 Å². The first-order valence-electron chi connectivity index (χ1n) is 8.10.